The minimum atomic E-state index is -4.47. The Kier molecular flexibility index (Phi) is 6.10. The Morgan fingerprint density at radius 3 is 2.71 bits per heavy atom. The lowest BCUT2D eigenvalue weighted by Crippen LogP contribution is -2.57. The molecule has 0 aliphatic carbocycles. The van der Waals surface area contributed by atoms with Crippen LogP contribution in [0.5, 0.6) is 5.88 Å². The van der Waals surface area contributed by atoms with Crippen molar-refractivity contribution >= 4 is 22.5 Å². The number of alkyl halides is 4. The van der Waals surface area contributed by atoms with Gasteiger partial charge >= 0.3 is 6.18 Å². The lowest BCUT2D eigenvalue weighted by atomic mass is 10.0. The Morgan fingerprint density at radius 1 is 1.21 bits per heavy atom. The molecule has 0 spiro atoms. The average molecular weight is 535 g/mol. The third-order valence-electron chi connectivity index (χ3n) is 7.32. The van der Waals surface area contributed by atoms with E-state index in [9.17, 15) is 17.6 Å². The Morgan fingerprint density at radius 2 is 2.03 bits per heavy atom. The van der Waals surface area contributed by atoms with Crippen LogP contribution in [0.15, 0.2) is 30.5 Å². The van der Waals surface area contributed by atoms with Gasteiger partial charge in [-0.3, -0.25) is 4.90 Å². The normalized spacial score (nSPS) is 22.1. The van der Waals surface area contributed by atoms with Gasteiger partial charge in [-0.05, 0) is 37.1 Å². The zero-order valence-electron chi connectivity index (χ0n) is 20.7. The minimum Gasteiger partial charge on any atom is -0.479 e. The van der Waals surface area contributed by atoms with Gasteiger partial charge in [0.1, 0.15) is 23.2 Å². The van der Waals surface area contributed by atoms with Gasteiger partial charge in [-0.25, -0.2) is 13.6 Å². The number of nitrogens with zero attached hydrogens (tertiary/aromatic N) is 7. The summed E-state index contributed by atoms with van der Waals surface area (Å²) >= 11 is 0. The largest absolute Gasteiger partial charge is 0.479 e. The number of rotatable bonds is 6. The van der Waals surface area contributed by atoms with E-state index in [1.54, 1.807) is 35.0 Å². The van der Waals surface area contributed by atoms with Crippen LogP contribution >= 0.6 is 0 Å². The fraction of sp³-hybridized carbons (Fsp3) is 0.500. The smallest absolute Gasteiger partial charge is 0.410 e. The summed E-state index contributed by atoms with van der Waals surface area (Å²) in [5.41, 5.74) is 2.40. The monoisotopic (exact) mass is 534 g/mol. The molecule has 0 unspecified atom stereocenters. The molecule has 202 valence electrons. The molecule has 0 radical (unpaired) electrons. The van der Waals surface area contributed by atoms with Gasteiger partial charge < -0.3 is 14.8 Å². The summed E-state index contributed by atoms with van der Waals surface area (Å²) in [4.78, 5) is 6.59. The fourth-order valence-corrected chi connectivity index (χ4v) is 4.98. The Balaban J connectivity index is 1.30. The molecule has 0 bridgehead atoms. The second-order valence-corrected chi connectivity index (χ2v) is 9.66. The number of aromatic nitrogens is 6. The van der Waals surface area contributed by atoms with Gasteiger partial charge in [0.15, 0.2) is 0 Å². The van der Waals surface area contributed by atoms with Gasteiger partial charge in [-0.2, -0.15) is 18.2 Å². The van der Waals surface area contributed by atoms with E-state index in [1.807, 2.05) is 0 Å². The number of fused-ring (bicyclic) bond motifs is 2. The summed E-state index contributed by atoms with van der Waals surface area (Å²) in [5.74, 6) is 0.471. The maximum atomic E-state index is 15.0. The summed E-state index contributed by atoms with van der Waals surface area (Å²) in [6.45, 7) is 3.39. The maximum Gasteiger partial charge on any atom is 0.410 e. The van der Waals surface area contributed by atoms with Gasteiger partial charge in [0.2, 0.25) is 11.8 Å². The van der Waals surface area contributed by atoms with Crippen molar-refractivity contribution in [3.63, 3.8) is 0 Å². The third-order valence-corrected chi connectivity index (χ3v) is 7.32. The molecular formula is C24H26F4N8O2. The van der Waals surface area contributed by atoms with Crippen molar-refractivity contribution < 1.29 is 27.0 Å². The summed E-state index contributed by atoms with van der Waals surface area (Å²) in [5, 5.41) is 15.2. The van der Waals surface area contributed by atoms with E-state index < -0.39 is 24.4 Å². The zero-order chi connectivity index (χ0) is 26.6. The molecule has 14 heteroatoms. The van der Waals surface area contributed by atoms with E-state index in [1.165, 1.54) is 7.11 Å². The number of piperidine rings is 1. The molecule has 2 aliphatic heterocycles. The third kappa shape index (κ3) is 4.30. The van der Waals surface area contributed by atoms with Gasteiger partial charge in [0, 0.05) is 24.8 Å². The first kappa shape index (κ1) is 24.8. The van der Waals surface area contributed by atoms with Crippen LogP contribution in [0.4, 0.5) is 23.5 Å². The Hall–Kier alpha value is -3.52. The topological polar surface area (TPSA) is 94.6 Å². The zero-order valence-corrected chi connectivity index (χ0v) is 20.7. The van der Waals surface area contributed by atoms with Crippen molar-refractivity contribution in [3.05, 3.63) is 30.5 Å². The van der Waals surface area contributed by atoms with Crippen LogP contribution in [0.1, 0.15) is 19.4 Å². The minimum absolute atomic E-state index is 0.223. The predicted molar refractivity (Wildman–Crippen MR) is 130 cm³/mol. The van der Waals surface area contributed by atoms with Gasteiger partial charge in [-0.1, -0.05) is 11.3 Å². The number of benzene rings is 1. The molecule has 2 fully saturated rings. The van der Waals surface area contributed by atoms with E-state index >= 15 is 0 Å². The first-order chi connectivity index (χ1) is 18.2. The Bertz CT molecular complexity index is 1470. The van der Waals surface area contributed by atoms with Crippen LogP contribution in [0, 0.1) is 0 Å². The molecule has 1 aromatic carbocycles. The lowest BCUT2D eigenvalue weighted by Gasteiger charge is -2.42. The van der Waals surface area contributed by atoms with Crippen LogP contribution in [0.25, 0.3) is 27.7 Å². The highest BCUT2D eigenvalue weighted by molar-refractivity contribution is 5.89. The van der Waals surface area contributed by atoms with Crippen LogP contribution in [0.3, 0.4) is 0 Å². The second-order valence-electron chi connectivity index (χ2n) is 9.66. The predicted octanol–water partition coefficient (Wildman–Crippen LogP) is 3.50. The molecule has 3 aromatic heterocycles. The van der Waals surface area contributed by atoms with E-state index in [2.05, 4.69) is 30.6 Å². The highest BCUT2D eigenvalue weighted by Crippen LogP contribution is 2.35. The van der Waals surface area contributed by atoms with Crippen molar-refractivity contribution in [2.75, 3.05) is 38.7 Å². The summed E-state index contributed by atoms with van der Waals surface area (Å²) in [6.07, 6.45) is -3.28. The number of hydrogen-bond acceptors (Lipinski definition) is 8. The van der Waals surface area contributed by atoms with Crippen LogP contribution in [-0.2, 0) is 4.74 Å². The first-order valence-corrected chi connectivity index (χ1v) is 12.3. The molecule has 4 aromatic rings. The number of ether oxygens (including phenoxy) is 2. The van der Waals surface area contributed by atoms with Crippen molar-refractivity contribution in [3.8, 4) is 17.0 Å². The number of nitrogens with one attached hydrogen (secondary N) is 1. The van der Waals surface area contributed by atoms with Gasteiger partial charge in [-0.15, -0.1) is 10.2 Å². The van der Waals surface area contributed by atoms with Crippen LogP contribution in [0.2, 0.25) is 0 Å². The molecular weight excluding hydrogens is 508 g/mol. The molecule has 5 heterocycles. The van der Waals surface area contributed by atoms with E-state index in [4.69, 9.17) is 9.47 Å². The molecule has 0 amide bonds. The molecule has 2 saturated heterocycles. The van der Waals surface area contributed by atoms with Crippen molar-refractivity contribution in [1.82, 2.24) is 34.5 Å². The highest BCUT2D eigenvalue weighted by Gasteiger charge is 2.39. The number of likely N-dealkylation sites (tertiary alicyclic amines) is 1. The maximum absolute atomic E-state index is 15.0. The van der Waals surface area contributed by atoms with E-state index in [-0.39, 0.29) is 23.4 Å². The number of halogens is 4. The molecule has 10 nitrogen and oxygen atoms in total. The molecule has 3 atom stereocenters. The second kappa shape index (κ2) is 9.34. The molecule has 38 heavy (non-hydrogen) atoms. The number of anilines is 1. The quantitative estimate of drug-likeness (QED) is 0.376. The average Bonchev–Trinajstić information content (AvgIpc) is 3.47. The van der Waals surface area contributed by atoms with Crippen molar-refractivity contribution in [2.45, 2.75) is 43.8 Å². The Labute approximate surface area is 214 Å². The van der Waals surface area contributed by atoms with Crippen molar-refractivity contribution in [2.24, 2.45) is 0 Å². The number of hydrogen-bond donors (Lipinski definition) is 1. The standard InChI is InChI=1S/C24H26F4N8O2/c1-13(24(26,27)28)36-20-9-14(3-4-19(20)31-33-36)16-5-8-35-21(16)22(37-2)30-23(32-35)29-18-6-7-34(10-17(18)25)15-11-38-12-15/h3-5,8-9,13,15,17-18H,6-7,10-12H2,1-2H3,(H,29,32)/t13-,17-,18-/m0/s1. The molecule has 0 saturated carbocycles. The van der Waals surface area contributed by atoms with Gasteiger partial charge in [0.05, 0.1) is 37.9 Å². The molecule has 6 rings (SSSR count). The molecule has 2 aliphatic rings. The highest BCUT2D eigenvalue weighted by atomic mass is 19.4. The van der Waals surface area contributed by atoms with Crippen molar-refractivity contribution in [1.29, 1.82) is 0 Å². The van der Waals surface area contributed by atoms with Crippen LogP contribution < -0.4 is 10.1 Å². The summed E-state index contributed by atoms with van der Waals surface area (Å²) < 4.78 is 68.3. The number of methoxy groups -OCH3 is 1. The fourth-order valence-electron chi connectivity index (χ4n) is 4.98. The van der Waals surface area contributed by atoms with Crippen LogP contribution in [-0.4, -0.2) is 92.3 Å². The van der Waals surface area contributed by atoms with E-state index in [0.717, 1.165) is 18.2 Å². The SMILES string of the molecule is COc1nc(N[C@H]2CCN(C3COC3)C[C@@H]2F)nn2ccc(-c3ccc4nnn([C@@H](C)C(F)(F)F)c4c3)c12. The summed E-state index contributed by atoms with van der Waals surface area (Å²) in [6, 6.07) is 4.74. The molecule has 1 N–H and O–H groups in total. The lowest BCUT2D eigenvalue weighted by molar-refractivity contribution is -0.164. The first-order valence-electron chi connectivity index (χ1n) is 12.3. The summed E-state index contributed by atoms with van der Waals surface area (Å²) in [7, 11) is 1.47. The van der Waals surface area contributed by atoms with Gasteiger partial charge in [0.25, 0.3) is 0 Å². The van der Waals surface area contributed by atoms with E-state index in [0.29, 0.717) is 48.3 Å².